The molecule has 2 aliphatic heterocycles. The van der Waals surface area contributed by atoms with Gasteiger partial charge in [-0.3, -0.25) is 4.79 Å². The Kier molecular flexibility index (Phi) is 8.77. The van der Waals surface area contributed by atoms with Gasteiger partial charge in [-0.15, -0.1) is 0 Å². The van der Waals surface area contributed by atoms with Crippen LogP contribution in [0.1, 0.15) is 81.5 Å². The maximum atomic E-state index is 13.2. The number of nitrogens with zero attached hydrogens (tertiary/aromatic N) is 4. The summed E-state index contributed by atoms with van der Waals surface area (Å²) < 4.78 is 11.5. The fourth-order valence-corrected chi connectivity index (χ4v) is 6.53. The highest BCUT2D eigenvalue weighted by Gasteiger charge is 2.31. The molecule has 3 aliphatic rings. The lowest BCUT2D eigenvalue weighted by atomic mass is 9.91. The van der Waals surface area contributed by atoms with Gasteiger partial charge in [0, 0.05) is 55.1 Å². The van der Waals surface area contributed by atoms with E-state index in [9.17, 15) is 4.79 Å². The normalized spacial score (nSPS) is 20.6. The largest absolute Gasteiger partial charge is 0.460 e. The Balaban J connectivity index is 1.16. The van der Waals surface area contributed by atoms with Crippen molar-refractivity contribution in [3.8, 4) is 0 Å². The van der Waals surface area contributed by atoms with Crippen molar-refractivity contribution in [2.45, 2.75) is 76.7 Å². The predicted octanol–water partition coefficient (Wildman–Crippen LogP) is 6.11. The standard InChI is InChI=1S/C35H46N4O3/c1-35(2,3)42-33(40)22-30(29-19-28(26-7-8-26)20-32(21-29)39-15-17-41-18-16-39)24-38-14-12-25(23-38)6-10-31-11-9-27-5-4-13-36-34(27)37-31/h4-5,9,11,13,19-21,25-26,30H,6-8,10,12,14-18,22-24H2,1-3H3/t25-,30?/m1/s1. The van der Waals surface area contributed by atoms with E-state index in [0.717, 1.165) is 75.5 Å². The van der Waals surface area contributed by atoms with Crippen LogP contribution in [0.3, 0.4) is 0 Å². The number of pyridine rings is 2. The molecule has 1 aromatic carbocycles. The summed E-state index contributed by atoms with van der Waals surface area (Å²) in [4.78, 5) is 27.4. The Bertz CT molecular complexity index is 1380. The van der Waals surface area contributed by atoms with Gasteiger partial charge in [0.25, 0.3) is 0 Å². The third-order valence-corrected chi connectivity index (χ3v) is 8.87. The van der Waals surface area contributed by atoms with Crippen LogP contribution in [0, 0.1) is 5.92 Å². The van der Waals surface area contributed by atoms with Crippen molar-refractivity contribution in [3.05, 3.63) is 65.5 Å². The van der Waals surface area contributed by atoms with E-state index in [2.05, 4.69) is 51.2 Å². The SMILES string of the molecule is CC(C)(C)OC(=O)CC(CN1CC[C@@H](CCc2ccc3cccnc3n2)C1)c1cc(C2CC2)cc(N2CCOCC2)c1. The number of ether oxygens (including phenoxy) is 2. The fraction of sp³-hybridized carbons (Fsp3) is 0.571. The Morgan fingerprint density at radius 3 is 2.69 bits per heavy atom. The summed E-state index contributed by atoms with van der Waals surface area (Å²) >= 11 is 0. The molecule has 2 aromatic heterocycles. The number of benzene rings is 1. The number of carbonyl (C=O) groups excluding carboxylic acids is 1. The van der Waals surface area contributed by atoms with Gasteiger partial charge in [0.1, 0.15) is 5.60 Å². The highest BCUT2D eigenvalue weighted by atomic mass is 16.6. The molecule has 224 valence electrons. The number of carbonyl (C=O) groups is 1. The molecular formula is C35H46N4O3. The van der Waals surface area contributed by atoms with Crippen molar-refractivity contribution in [1.29, 1.82) is 0 Å². The van der Waals surface area contributed by atoms with E-state index in [1.807, 2.05) is 33.0 Å². The Morgan fingerprint density at radius 2 is 1.90 bits per heavy atom. The smallest absolute Gasteiger partial charge is 0.306 e. The molecule has 3 fully saturated rings. The molecule has 7 nitrogen and oxygen atoms in total. The first-order chi connectivity index (χ1) is 20.3. The van der Waals surface area contributed by atoms with Crippen molar-refractivity contribution < 1.29 is 14.3 Å². The Labute approximate surface area is 250 Å². The number of hydrogen-bond acceptors (Lipinski definition) is 7. The highest BCUT2D eigenvalue weighted by molar-refractivity contribution is 5.74. The van der Waals surface area contributed by atoms with Crippen LogP contribution in [0.4, 0.5) is 5.69 Å². The monoisotopic (exact) mass is 570 g/mol. The van der Waals surface area contributed by atoms with E-state index in [4.69, 9.17) is 14.5 Å². The first kappa shape index (κ1) is 29.1. The third kappa shape index (κ3) is 7.67. The van der Waals surface area contributed by atoms with Gasteiger partial charge in [-0.1, -0.05) is 6.07 Å². The number of fused-ring (bicyclic) bond motifs is 1. The first-order valence-corrected chi connectivity index (χ1v) is 15.9. The predicted molar refractivity (Wildman–Crippen MR) is 167 cm³/mol. The molecule has 7 heteroatoms. The van der Waals surface area contributed by atoms with E-state index >= 15 is 0 Å². The minimum Gasteiger partial charge on any atom is -0.460 e. The summed E-state index contributed by atoms with van der Waals surface area (Å²) in [5, 5.41) is 1.09. The fourth-order valence-electron chi connectivity index (χ4n) is 6.53. The zero-order chi connectivity index (χ0) is 29.1. The average Bonchev–Trinajstić information content (AvgIpc) is 3.74. The van der Waals surface area contributed by atoms with E-state index in [-0.39, 0.29) is 11.9 Å². The molecule has 42 heavy (non-hydrogen) atoms. The van der Waals surface area contributed by atoms with Crippen molar-refractivity contribution in [3.63, 3.8) is 0 Å². The topological polar surface area (TPSA) is 67.8 Å². The second-order valence-corrected chi connectivity index (χ2v) is 13.5. The van der Waals surface area contributed by atoms with Crippen molar-refractivity contribution in [2.24, 2.45) is 5.92 Å². The molecule has 2 atom stereocenters. The van der Waals surface area contributed by atoms with Crippen molar-refractivity contribution in [1.82, 2.24) is 14.9 Å². The third-order valence-electron chi connectivity index (χ3n) is 8.87. The molecule has 3 aromatic rings. The van der Waals surface area contributed by atoms with Gasteiger partial charge in [0.05, 0.1) is 19.6 Å². The zero-order valence-electron chi connectivity index (χ0n) is 25.6. The Hall–Kier alpha value is -3.03. The van der Waals surface area contributed by atoms with Gasteiger partial charge in [-0.05, 0) is 119 Å². The molecule has 1 unspecified atom stereocenters. The van der Waals surface area contributed by atoms with Crippen LogP contribution in [0.15, 0.2) is 48.7 Å². The number of anilines is 1. The highest BCUT2D eigenvalue weighted by Crippen LogP contribution is 2.43. The van der Waals surface area contributed by atoms with Crippen LogP contribution in [0.2, 0.25) is 0 Å². The molecule has 0 bridgehead atoms. The van der Waals surface area contributed by atoms with Crippen molar-refractivity contribution in [2.75, 3.05) is 50.8 Å². The van der Waals surface area contributed by atoms with E-state index in [1.165, 1.54) is 36.1 Å². The molecule has 0 spiro atoms. The van der Waals surface area contributed by atoms with E-state index < -0.39 is 5.60 Å². The molecule has 1 saturated carbocycles. The number of aromatic nitrogens is 2. The van der Waals surface area contributed by atoms with Gasteiger partial charge in [-0.25, -0.2) is 9.97 Å². The minimum atomic E-state index is -0.485. The van der Waals surface area contributed by atoms with Crippen LogP contribution in [-0.4, -0.2) is 72.4 Å². The van der Waals surface area contributed by atoms with Crippen LogP contribution < -0.4 is 4.90 Å². The molecule has 0 amide bonds. The summed E-state index contributed by atoms with van der Waals surface area (Å²) in [7, 11) is 0. The first-order valence-electron chi connectivity index (χ1n) is 15.9. The summed E-state index contributed by atoms with van der Waals surface area (Å²) in [6, 6.07) is 15.4. The number of morpholine rings is 1. The van der Waals surface area contributed by atoms with Gasteiger partial charge in [0.15, 0.2) is 5.65 Å². The van der Waals surface area contributed by atoms with Gasteiger partial charge >= 0.3 is 5.97 Å². The van der Waals surface area contributed by atoms with Crippen molar-refractivity contribution >= 4 is 22.7 Å². The molecule has 0 radical (unpaired) electrons. The summed E-state index contributed by atoms with van der Waals surface area (Å²) in [5.74, 6) is 1.28. The van der Waals surface area contributed by atoms with Gasteiger partial charge < -0.3 is 19.3 Å². The quantitative estimate of drug-likeness (QED) is 0.272. The molecular weight excluding hydrogens is 524 g/mol. The van der Waals surface area contributed by atoms with E-state index in [0.29, 0.717) is 18.3 Å². The number of rotatable bonds is 10. The number of likely N-dealkylation sites (tertiary alicyclic amines) is 1. The molecule has 1 aliphatic carbocycles. The lowest BCUT2D eigenvalue weighted by Crippen LogP contribution is -2.36. The van der Waals surface area contributed by atoms with Crippen LogP contribution in [-0.2, 0) is 20.7 Å². The molecule has 4 heterocycles. The number of aryl methyl sites for hydroxylation is 1. The minimum absolute atomic E-state index is 0.102. The second-order valence-electron chi connectivity index (χ2n) is 13.5. The average molecular weight is 571 g/mol. The zero-order valence-corrected chi connectivity index (χ0v) is 25.6. The van der Waals surface area contributed by atoms with Gasteiger partial charge in [0.2, 0.25) is 0 Å². The molecule has 6 rings (SSSR count). The lowest BCUT2D eigenvalue weighted by molar-refractivity contribution is -0.155. The second kappa shape index (κ2) is 12.7. The molecule has 2 saturated heterocycles. The number of hydrogen-bond donors (Lipinski definition) is 0. The summed E-state index contributed by atoms with van der Waals surface area (Å²) in [6.07, 6.45) is 8.02. The van der Waals surface area contributed by atoms with Crippen LogP contribution >= 0.6 is 0 Å². The lowest BCUT2D eigenvalue weighted by Gasteiger charge is -2.31. The van der Waals surface area contributed by atoms with Gasteiger partial charge in [-0.2, -0.15) is 0 Å². The van der Waals surface area contributed by atoms with E-state index in [1.54, 1.807) is 0 Å². The Morgan fingerprint density at radius 1 is 1.07 bits per heavy atom. The maximum Gasteiger partial charge on any atom is 0.306 e. The number of esters is 1. The molecule has 0 N–H and O–H groups in total. The maximum absolute atomic E-state index is 13.2. The van der Waals surface area contributed by atoms with Crippen LogP contribution in [0.5, 0.6) is 0 Å². The van der Waals surface area contributed by atoms with Crippen LogP contribution in [0.25, 0.3) is 11.0 Å². The summed E-state index contributed by atoms with van der Waals surface area (Å²) in [5.41, 5.74) is 5.46. The summed E-state index contributed by atoms with van der Waals surface area (Å²) in [6.45, 7) is 12.2.